The Hall–Kier alpha value is -1.20. The molecular weight excluding hydrogens is 204 g/mol. The average Bonchev–Trinajstić information content (AvgIpc) is 2.34. The smallest absolute Gasteiger partial charge is 0.155 e. The van der Waals surface area contributed by atoms with Gasteiger partial charge in [-0.25, -0.2) is 0 Å². The van der Waals surface area contributed by atoms with Crippen LogP contribution in [0.2, 0.25) is 0 Å². The minimum absolute atomic E-state index is 0.267. The Morgan fingerprint density at radius 3 is 2.88 bits per heavy atom. The van der Waals surface area contributed by atoms with Crippen molar-refractivity contribution in [2.24, 2.45) is 5.73 Å². The predicted molar refractivity (Wildman–Crippen MR) is 64.1 cm³/mol. The number of nitrogens with two attached hydrogens (primary N) is 1. The molecule has 5 heteroatoms. The van der Waals surface area contributed by atoms with Crippen LogP contribution in [0.15, 0.2) is 12.3 Å². The quantitative estimate of drug-likeness (QED) is 0.661. The van der Waals surface area contributed by atoms with Gasteiger partial charge in [-0.3, -0.25) is 0 Å². The lowest BCUT2D eigenvalue weighted by atomic mass is 10.2. The van der Waals surface area contributed by atoms with Gasteiger partial charge in [0.15, 0.2) is 5.82 Å². The van der Waals surface area contributed by atoms with E-state index in [1.165, 1.54) is 0 Å². The molecule has 1 rings (SSSR count). The number of rotatable bonds is 7. The van der Waals surface area contributed by atoms with Crippen molar-refractivity contribution in [3.8, 4) is 0 Å². The molecule has 0 aliphatic heterocycles. The number of unbranched alkanes of at least 4 members (excludes halogenated alkanes) is 2. The summed E-state index contributed by atoms with van der Waals surface area (Å²) in [6.45, 7) is 1.65. The van der Waals surface area contributed by atoms with Crippen LogP contribution in [0.5, 0.6) is 0 Å². The van der Waals surface area contributed by atoms with Crippen molar-refractivity contribution in [3.05, 3.63) is 17.8 Å². The second-order valence-corrected chi connectivity index (χ2v) is 3.79. The standard InChI is InChI=1S/C11H20N4O/c1-15(7-3-2-4-8-16)11-10(9-12)5-6-13-14-11/h5-6,16H,2-4,7-9,12H2,1H3. The molecule has 0 radical (unpaired) electrons. The Labute approximate surface area is 96.3 Å². The summed E-state index contributed by atoms with van der Waals surface area (Å²) in [6.07, 6.45) is 4.58. The van der Waals surface area contributed by atoms with E-state index in [0.717, 1.165) is 37.2 Å². The molecule has 5 nitrogen and oxygen atoms in total. The second kappa shape index (κ2) is 7.14. The average molecular weight is 224 g/mol. The maximum Gasteiger partial charge on any atom is 0.155 e. The van der Waals surface area contributed by atoms with Crippen molar-refractivity contribution in [1.29, 1.82) is 0 Å². The number of hydrogen-bond donors (Lipinski definition) is 2. The molecule has 0 saturated heterocycles. The number of anilines is 1. The van der Waals surface area contributed by atoms with Crippen molar-refractivity contribution in [1.82, 2.24) is 10.2 Å². The van der Waals surface area contributed by atoms with E-state index in [9.17, 15) is 0 Å². The van der Waals surface area contributed by atoms with Gasteiger partial charge >= 0.3 is 0 Å². The molecule has 0 aromatic carbocycles. The SMILES string of the molecule is CN(CCCCCO)c1nnccc1CN. The van der Waals surface area contributed by atoms with Gasteiger partial charge in [0.05, 0.1) is 6.20 Å². The first-order valence-electron chi connectivity index (χ1n) is 5.62. The van der Waals surface area contributed by atoms with Crippen LogP contribution in [0.3, 0.4) is 0 Å². The zero-order valence-electron chi connectivity index (χ0n) is 9.76. The summed E-state index contributed by atoms with van der Waals surface area (Å²) in [5.41, 5.74) is 6.65. The molecule has 0 fully saturated rings. The number of hydrogen-bond acceptors (Lipinski definition) is 5. The normalized spacial score (nSPS) is 10.4. The van der Waals surface area contributed by atoms with Crippen molar-refractivity contribution in [2.75, 3.05) is 25.1 Å². The largest absolute Gasteiger partial charge is 0.396 e. The number of aromatic nitrogens is 2. The van der Waals surface area contributed by atoms with Crippen LogP contribution in [-0.2, 0) is 6.54 Å². The Bertz CT molecular complexity index is 306. The van der Waals surface area contributed by atoms with Crippen molar-refractivity contribution in [3.63, 3.8) is 0 Å². The molecule has 0 amide bonds. The van der Waals surface area contributed by atoms with E-state index in [4.69, 9.17) is 10.8 Å². The number of aliphatic hydroxyl groups excluding tert-OH is 1. The van der Waals surface area contributed by atoms with Crippen LogP contribution in [-0.4, -0.2) is 35.5 Å². The van der Waals surface area contributed by atoms with Crippen molar-refractivity contribution < 1.29 is 5.11 Å². The molecule has 0 atom stereocenters. The Morgan fingerprint density at radius 2 is 2.19 bits per heavy atom. The molecule has 0 unspecified atom stereocenters. The lowest BCUT2D eigenvalue weighted by Gasteiger charge is -2.19. The minimum Gasteiger partial charge on any atom is -0.396 e. The molecule has 0 aliphatic rings. The van der Waals surface area contributed by atoms with E-state index in [-0.39, 0.29) is 6.61 Å². The van der Waals surface area contributed by atoms with E-state index in [2.05, 4.69) is 15.1 Å². The van der Waals surface area contributed by atoms with Gasteiger partial charge in [0.25, 0.3) is 0 Å². The minimum atomic E-state index is 0.267. The molecule has 1 heterocycles. The summed E-state index contributed by atoms with van der Waals surface area (Å²) in [4.78, 5) is 2.06. The van der Waals surface area contributed by atoms with Gasteiger partial charge in [0.1, 0.15) is 0 Å². The second-order valence-electron chi connectivity index (χ2n) is 3.79. The molecular formula is C11H20N4O. The topological polar surface area (TPSA) is 75.3 Å². The van der Waals surface area contributed by atoms with Crippen molar-refractivity contribution in [2.45, 2.75) is 25.8 Å². The van der Waals surface area contributed by atoms with E-state index < -0.39 is 0 Å². The Morgan fingerprint density at radius 1 is 1.38 bits per heavy atom. The van der Waals surface area contributed by atoms with Crippen LogP contribution in [0.4, 0.5) is 5.82 Å². The van der Waals surface area contributed by atoms with Crippen molar-refractivity contribution >= 4 is 5.82 Å². The highest BCUT2D eigenvalue weighted by Crippen LogP contribution is 2.14. The lowest BCUT2D eigenvalue weighted by molar-refractivity contribution is 0.283. The molecule has 16 heavy (non-hydrogen) atoms. The van der Waals surface area contributed by atoms with Gasteiger partial charge < -0.3 is 15.7 Å². The molecule has 0 bridgehead atoms. The van der Waals surface area contributed by atoms with E-state index in [1.54, 1.807) is 6.20 Å². The van der Waals surface area contributed by atoms with Gasteiger partial charge in [0, 0.05) is 32.3 Å². The monoisotopic (exact) mass is 224 g/mol. The summed E-state index contributed by atoms with van der Waals surface area (Å²) in [5, 5.41) is 16.6. The van der Waals surface area contributed by atoms with Crippen LogP contribution >= 0.6 is 0 Å². The zero-order valence-corrected chi connectivity index (χ0v) is 9.76. The van der Waals surface area contributed by atoms with Gasteiger partial charge in [-0.05, 0) is 25.3 Å². The zero-order chi connectivity index (χ0) is 11.8. The molecule has 0 aliphatic carbocycles. The molecule has 1 aromatic heterocycles. The number of nitrogens with zero attached hydrogens (tertiary/aromatic N) is 3. The lowest BCUT2D eigenvalue weighted by Crippen LogP contribution is -2.22. The van der Waals surface area contributed by atoms with Crippen LogP contribution < -0.4 is 10.6 Å². The summed E-state index contributed by atoms with van der Waals surface area (Å²) in [5.74, 6) is 0.856. The van der Waals surface area contributed by atoms with Gasteiger partial charge in [-0.15, -0.1) is 5.10 Å². The highest BCUT2D eigenvalue weighted by Gasteiger charge is 2.07. The third-order valence-corrected chi connectivity index (χ3v) is 2.52. The highest BCUT2D eigenvalue weighted by molar-refractivity contribution is 5.44. The summed E-state index contributed by atoms with van der Waals surface area (Å²) in [7, 11) is 1.99. The molecule has 3 N–H and O–H groups in total. The summed E-state index contributed by atoms with van der Waals surface area (Å²) in [6, 6.07) is 1.90. The Kier molecular flexibility index (Phi) is 5.74. The maximum absolute atomic E-state index is 8.68. The van der Waals surface area contributed by atoms with Crippen LogP contribution in [0.1, 0.15) is 24.8 Å². The summed E-state index contributed by atoms with van der Waals surface area (Å²) >= 11 is 0. The Balaban J connectivity index is 2.48. The van der Waals surface area contributed by atoms with E-state index in [1.807, 2.05) is 13.1 Å². The molecule has 90 valence electrons. The van der Waals surface area contributed by atoms with E-state index >= 15 is 0 Å². The first-order chi connectivity index (χ1) is 7.79. The molecule has 0 saturated carbocycles. The predicted octanol–water partition coefficient (Wildman–Crippen LogP) is 0.534. The van der Waals surface area contributed by atoms with Crippen LogP contribution in [0.25, 0.3) is 0 Å². The first-order valence-corrected chi connectivity index (χ1v) is 5.62. The van der Waals surface area contributed by atoms with Crippen LogP contribution in [0, 0.1) is 0 Å². The number of aliphatic hydroxyl groups is 1. The van der Waals surface area contributed by atoms with Gasteiger partial charge in [0.2, 0.25) is 0 Å². The maximum atomic E-state index is 8.68. The molecule has 1 aromatic rings. The fourth-order valence-electron chi connectivity index (χ4n) is 1.57. The molecule has 0 spiro atoms. The third kappa shape index (κ3) is 3.75. The fraction of sp³-hybridized carbons (Fsp3) is 0.636. The van der Waals surface area contributed by atoms with E-state index in [0.29, 0.717) is 6.54 Å². The highest BCUT2D eigenvalue weighted by atomic mass is 16.2. The fourth-order valence-corrected chi connectivity index (χ4v) is 1.57. The first kappa shape index (κ1) is 12.9. The van der Waals surface area contributed by atoms with Gasteiger partial charge in [-0.2, -0.15) is 5.10 Å². The third-order valence-electron chi connectivity index (χ3n) is 2.52. The summed E-state index contributed by atoms with van der Waals surface area (Å²) < 4.78 is 0. The van der Waals surface area contributed by atoms with Gasteiger partial charge in [-0.1, -0.05) is 0 Å².